The van der Waals surface area contributed by atoms with E-state index in [1.807, 2.05) is 6.07 Å². The third kappa shape index (κ3) is 4.08. The van der Waals surface area contributed by atoms with Gasteiger partial charge in [-0.15, -0.1) is 0 Å². The van der Waals surface area contributed by atoms with E-state index in [-0.39, 0.29) is 6.61 Å². The maximum Gasteiger partial charge on any atom is 0.329 e. The van der Waals surface area contributed by atoms with Crippen molar-refractivity contribution in [1.82, 2.24) is 0 Å². The van der Waals surface area contributed by atoms with Crippen LogP contribution in [-0.2, 0) is 16.0 Å². The first kappa shape index (κ1) is 12.8. The van der Waals surface area contributed by atoms with E-state index in [1.165, 1.54) is 0 Å². The minimum Gasteiger partial charge on any atom is -0.495 e. The Morgan fingerprint density at radius 2 is 2.25 bits per heavy atom. The number of aliphatic carboxylic acids is 1. The third-order valence-electron chi connectivity index (χ3n) is 1.98. The highest BCUT2D eigenvalue weighted by Gasteiger charge is 2.02. The van der Waals surface area contributed by atoms with Gasteiger partial charge in [-0.25, -0.2) is 4.79 Å². The van der Waals surface area contributed by atoms with Crippen LogP contribution in [0.4, 0.5) is 0 Å². The Hall–Kier alpha value is -1.26. The molecule has 0 atom stereocenters. The SMILES string of the molecule is COc1ccc(CCOCC(=O)O)cc1Cl. The van der Waals surface area contributed by atoms with Gasteiger partial charge in [0.25, 0.3) is 0 Å². The molecule has 4 nitrogen and oxygen atoms in total. The van der Waals surface area contributed by atoms with Crippen molar-refractivity contribution >= 4 is 17.6 Å². The van der Waals surface area contributed by atoms with Gasteiger partial charge in [-0.3, -0.25) is 0 Å². The molecule has 0 fully saturated rings. The van der Waals surface area contributed by atoms with Gasteiger partial charge >= 0.3 is 5.97 Å². The number of hydrogen-bond donors (Lipinski definition) is 1. The van der Waals surface area contributed by atoms with E-state index in [1.54, 1.807) is 19.2 Å². The average molecular weight is 245 g/mol. The van der Waals surface area contributed by atoms with Crippen LogP contribution < -0.4 is 4.74 Å². The van der Waals surface area contributed by atoms with Gasteiger partial charge < -0.3 is 14.6 Å². The molecule has 0 unspecified atom stereocenters. The summed E-state index contributed by atoms with van der Waals surface area (Å²) in [5.41, 5.74) is 0.983. The quantitative estimate of drug-likeness (QED) is 0.778. The van der Waals surface area contributed by atoms with Gasteiger partial charge in [-0.2, -0.15) is 0 Å². The summed E-state index contributed by atoms with van der Waals surface area (Å²) in [5.74, 6) is -0.343. The summed E-state index contributed by atoms with van der Waals surface area (Å²) < 4.78 is 9.94. The fourth-order valence-electron chi connectivity index (χ4n) is 1.21. The zero-order valence-electron chi connectivity index (χ0n) is 8.90. The van der Waals surface area contributed by atoms with Crippen molar-refractivity contribution < 1.29 is 19.4 Å². The Kier molecular flexibility index (Phi) is 5.08. The Labute approximate surface area is 98.7 Å². The van der Waals surface area contributed by atoms with Crippen molar-refractivity contribution in [2.75, 3.05) is 20.3 Å². The van der Waals surface area contributed by atoms with Crippen LogP contribution in [0.2, 0.25) is 5.02 Å². The van der Waals surface area contributed by atoms with Crippen molar-refractivity contribution in [2.24, 2.45) is 0 Å². The van der Waals surface area contributed by atoms with Crippen molar-refractivity contribution in [3.05, 3.63) is 28.8 Å². The Morgan fingerprint density at radius 1 is 1.50 bits per heavy atom. The summed E-state index contributed by atoms with van der Waals surface area (Å²) in [5, 5.41) is 8.90. The highest BCUT2D eigenvalue weighted by atomic mass is 35.5. The predicted molar refractivity (Wildman–Crippen MR) is 60.2 cm³/mol. The Balaban J connectivity index is 2.43. The molecule has 0 spiro atoms. The molecule has 0 amide bonds. The monoisotopic (exact) mass is 244 g/mol. The fourth-order valence-corrected chi connectivity index (χ4v) is 1.50. The van der Waals surface area contributed by atoms with Gasteiger partial charge in [-0.05, 0) is 24.1 Å². The number of methoxy groups -OCH3 is 1. The van der Waals surface area contributed by atoms with E-state index in [2.05, 4.69) is 0 Å². The lowest BCUT2D eigenvalue weighted by Crippen LogP contribution is -2.09. The van der Waals surface area contributed by atoms with Gasteiger partial charge in [0.15, 0.2) is 0 Å². The van der Waals surface area contributed by atoms with E-state index in [0.29, 0.717) is 23.8 Å². The number of halogens is 1. The van der Waals surface area contributed by atoms with E-state index in [9.17, 15) is 4.79 Å². The van der Waals surface area contributed by atoms with Crippen LogP contribution in [0.3, 0.4) is 0 Å². The number of carbonyl (C=O) groups is 1. The lowest BCUT2D eigenvalue weighted by atomic mass is 10.1. The van der Waals surface area contributed by atoms with Crippen LogP contribution in [0.25, 0.3) is 0 Å². The van der Waals surface area contributed by atoms with Gasteiger partial charge in [0.2, 0.25) is 0 Å². The highest BCUT2D eigenvalue weighted by molar-refractivity contribution is 6.32. The number of ether oxygens (including phenoxy) is 2. The molecule has 0 aliphatic rings. The molecule has 88 valence electrons. The highest BCUT2D eigenvalue weighted by Crippen LogP contribution is 2.24. The predicted octanol–water partition coefficient (Wildman–Crippen LogP) is 1.99. The van der Waals surface area contributed by atoms with E-state index in [4.69, 9.17) is 26.2 Å². The molecule has 1 aromatic carbocycles. The first-order valence-electron chi connectivity index (χ1n) is 4.75. The molecule has 16 heavy (non-hydrogen) atoms. The van der Waals surface area contributed by atoms with Crippen molar-refractivity contribution in [2.45, 2.75) is 6.42 Å². The topological polar surface area (TPSA) is 55.8 Å². The molecule has 0 saturated carbocycles. The van der Waals surface area contributed by atoms with Crippen LogP contribution in [0.15, 0.2) is 18.2 Å². The molecule has 0 aliphatic carbocycles. The van der Waals surface area contributed by atoms with Crippen molar-refractivity contribution in [3.63, 3.8) is 0 Å². The summed E-state index contributed by atoms with van der Waals surface area (Å²) in [7, 11) is 1.55. The lowest BCUT2D eigenvalue weighted by molar-refractivity contribution is -0.142. The van der Waals surface area contributed by atoms with Crippen molar-refractivity contribution in [1.29, 1.82) is 0 Å². The zero-order chi connectivity index (χ0) is 12.0. The molecule has 1 N–H and O–H groups in total. The largest absolute Gasteiger partial charge is 0.495 e. The summed E-state index contributed by atoms with van der Waals surface area (Å²) in [6.45, 7) is 0.0822. The molecule has 1 rings (SSSR count). The molecule has 0 saturated heterocycles. The Bertz CT molecular complexity index is 365. The summed E-state index contributed by atoms with van der Waals surface area (Å²) in [6.07, 6.45) is 0.622. The molecule has 0 aromatic heterocycles. The van der Waals surface area contributed by atoms with E-state index in [0.717, 1.165) is 5.56 Å². The second-order valence-electron chi connectivity index (χ2n) is 3.17. The van der Waals surface area contributed by atoms with Crippen LogP contribution in [0.5, 0.6) is 5.75 Å². The van der Waals surface area contributed by atoms with Crippen LogP contribution in [-0.4, -0.2) is 31.4 Å². The first-order chi connectivity index (χ1) is 7.63. The first-order valence-corrected chi connectivity index (χ1v) is 5.13. The van der Waals surface area contributed by atoms with Gasteiger partial charge in [0, 0.05) is 0 Å². The molecular weight excluding hydrogens is 232 g/mol. The summed E-state index contributed by atoms with van der Waals surface area (Å²) in [6, 6.07) is 5.42. The summed E-state index contributed by atoms with van der Waals surface area (Å²) >= 11 is 5.93. The minimum atomic E-state index is -0.965. The number of carboxylic acid groups (broad SMARTS) is 1. The summed E-state index contributed by atoms with van der Waals surface area (Å²) in [4.78, 5) is 10.2. The second-order valence-corrected chi connectivity index (χ2v) is 3.57. The minimum absolute atomic E-state index is 0.274. The second kappa shape index (κ2) is 6.35. The maximum atomic E-state index is 10.2. The number of carboxylic acids is 1. The van der Waals surface area contributed by atoms with Gasteiger partial charge in [-0.1, -0.05) is 17.7 Å². The van der Waals surface area contributed by atoms with Crippen LogP contribution in [0.1, 0.15) is 5.56 Å². The van der Waals surface area contributed by atoms with Crippen LogP contribution in [0, 0.1) is 0 Å². The molecular formula is C11H13ClO4. The molecule has 1 aromatic rings. The zero-order valence-corrected chi connectivity index (χ0v) is 9.66. The molecule has 0 aliphatic heterocycles. The molecule has 0 radical (unpaired) electrons. The number of rotatable bonds is 6. The number of hydrogen-bond acceptors (Lipinski definition) is 3. The van der Waals surface area contributed by atoms with Crippen LogP contribution >= 0.6 is 11.6 Å². The average Bonchev–Trinajstić information content (AvgIpc) is 2.24. The van der Waals surface area contributed by atoms with Crippen molar-refractivity contribution in [3.8, 4) is 5.75 Å². The molecule has 5 heteroatoms. The fraction of sp³-hybridized carbons (Fsp3) is 0.364. The maximum absolute atomic E-state index is 10.2. The standard InChI is InChI=1S/C11H13ClO4/c1-15-10-3-2-8(6-9(10)12)4-5-16-7-11(13)14/h2-3,6H,4-5,7H2,1H3,(H,13,14). The number of benzene rings is 1. The lowest BCUT2D eigenvalue weighted by Gasteiger charge is -2.06. The molecule has 0 bridgehead atoms. The smallest absolute Gasteiger partial charge is 0.329 e. The third-order valence-corrected chi connectivity index (χ3v) is 2.27. The van der Waals surface area contributed by atoms with E-state index >= 15 is 0 Å². The van der Waals surface area contributed by atoms with E-state index < -0.39 is 5.97 Å². The molecule has 0 heterocycles. The van der Waals surface area contributed by atoms with Gasteiger partial charge in [0.05, 0.1) is 18.7 Å². The Morgan fingerprint density at radius 3 is 2.81 bits per heavy atom. The normalized spacial score (nSPS) is 10.1. The van der Waals surface area contributed by atoms with Gasteiger partial charge in [0.1, 0.15) is 12.4 Å².